The van der Waals surface area contributed by atoms with Crippen molar-refractivity contribution in [2.45, 2.75) is 39.2 Å². The molecule has 0 aliphatic carbocycles. The molecule has 0 saturated heterocycles. The molecule has 0 saturated carbocycles. The van der Waals surface area contributed by atoms with E-state index in [1.165, 1.54) is 18.2 Å². The lowest BCUT2D eigenvalue weighted by Crippen LogP contribution is -2.49. The van der Waals surface area contributed by atoms with Crippen LogP contribution in [-0.2, 0) is 0 Å². The average Bonchev–Trinajstić information content (AvgIpc) is 2.52. The highest BCUT2D eigenvalue weighted by Crippen LogP contribution is 2.28. The summed E-state index contributed by atoms with van der Waals surface area (Å²) in [6, 6.07) is 4.16. The van der Waals surface area contributed by atoms with Crippen molar-refractivity contribution in [3.05, 3.63) is 33.9 Å². The minimum atomic E-state index is -0.562. The van der Waals surface area contributed by atoms with E-state index < -0.39 is 10.5 Å². The molecule has 1 amide bonds. The Labute approximate surface area is 142 Å². The second-order valence-electron chi connectivity index (χ2n) is 5.12. The summed E-state index contributed by atoms with van der Waals surface area (Å²) in [5.74, 6) is -0.234. The van der Waals surface area contributed by atoms with Gasteiger partial charge in [0.15, 0.2) is 5.75 Å². The van der Waals surface area contributed by atoms with E-state index in [0.717, 1.165) is 12.8 Å². The molecule has 0 heterocycles. The van der Waals surface area contributed by atoms with Gasteiger partial charge in [-0.1, -0.05) is 13.8 Å². The van der Waals surface area contributed by atoms with Crippen molar-refractivity contribution >= 4 is 24.0 Å². The first kappa shape index (κ1) is 21.1. The number of nitro benzene ring substituents is 1. The Balaban J connectivity index is 0.00000484. The molecule has 1 aromatic carbocycles. The minimum absolute atomic E-state index is 0. The molecule has 0 aliphatic rings. The second-order valence-corrected chi connectivity index (χ2v) is 5.12. The molecule has 0 radical (unpaired) electrons. The van der Waals surface area contributed by atoms with Crippen LogP contribution in [0.25, 0.3) is 0 Å². The summed E-state index contributed by atoms with van der Waals surface area (Å²) in [6.07, 6.45) is 1.46. The van der Waals surface area contributed by atoms with E-state index in [1.807, 2.05) is 13.8 Å². The molecule has 23 heavy (non-hydrogen) atoms. The number of carbonyl (C=O) groups is 1. The largest absolute Gasteiger partial charge is 0.487 e. The van der Waals surface area contributed by atoms with Gasteiger partial charge in [0.05, 0.1) is 11.5 Å². The Morgan fingerprint density at radius 1 is 1.35 bits per heavy atom. The average molecular weight is 346 g/mol. The third-order valence-corrected chi connectivity index (χ3v) is 3.73. The summed E-state index contributed by atoms with van der Waals surface area (Å²) in [7, 11) is 0. The zero-order valence-electron chi connectivity index (χ0n) is 13.6. The number of nitrogens with zero attached hydrogens (tertiary/aromatic N) is 1. The topological polar surface area (TPSA) is 107 Å². The Morgan fingerprint density at radius 2 is 1.96 bits per heavy atom. The zero-order chi connectivity index (χ0) is 16.8. The molecule has 0 unspecified atom stereocenters. The summed E-state index contributed by atoms with van der Waals surface area (Å²) in [5.41, 5.74) is 5.65. The molecule has 0 aliphatic heterocycles. The van der Waals surface area contributed by atoms with Crippen LogP contribution >= 0.6 is 12.4 Å². The van der Waals surface area contributed by atoms with Gasteiger partial charge < -0.3 is 15.8 Å². The van der Waals surface area contributed by atoms with E-state index >= 15 is 0 Å². The highest BCUT2D eigenvalue weighted by atomic mass is 35.5. The maximum Gasteiger partial charge on any atom is 0.311 e. The Hall–Kier alpha value is -1.86. The molecular weight excluding hydrogens is 322 g/mol. The molecule has 0 bridgehead atoms. The number of hydrogen-bond acceptors (Lipinski definition) is 5. The lowest BCUT2D eigenvalue weighted by molar-refractivity contribution is -0.385. The number of ether oxygens (including phenoxy) is 1. The first-order valence-electron chi connectivity index (χ1n) is 7.35. The van der Waals surface area contributed by atoms with E-state index in [-0.39, 0.29) is 35.3 Å². The number of nitro groups is 1. The van der Waals surface area contributed by atoms with Crippen molar-refractivity contribution in [2.75, 3.05) is 13.2 Å². The molecule has 0 spiro atoms. The number of rotatable bonds is 8. The molecule has 7 nitrogen and oxygen atoms in total. The van der Waals surface area contributed by atoms with Crippen LogP contribution in [-0.4, -0.2) is 29.5 Å². The van der Waals surface area contributed by atoms with Crippen LogP contribution in [0.15, 0.2) is 18.2 Å². The van der Waals surface area contributed by atoms with Crippen molar-refractivity contribution in [1.29, 1.82) is 0 Å². The Kier molecular flexibility index (Phi) is 8.56. The third kappa shape index (κ3) is 5.69. The standard InChI is InChI=1S/C15H23N3O4.ClH/c1-4-15(16,5-2)10-17-14(19)11-7-8-13(22-6-3)12(9-11)18(20)21;/h7-9H,4-6,10,16H2,1-3H3,(H,17,19);1H. The molecule has 0 atom stereocenters. The molecule has 8 heteroatoms. The molecule has 130 valence electrons. The van der Waals surface area contributed by atoms with Crippen LogP contribution in [0.5, 0.6) is 5.75 Å². The van der Waals surface area contributed by atoms with Crippen LogP contribution in [0.4, 0.5) is 5.69 Å². The smallest absolute Gasteiger partial charge is 0.311 e. The highest BCUT2D eigenvalue weighted by molar-refractivity contribution is 5.95. The van der Waals surface area contributed by atoms with Crippen molar-refractivity contribution < 1.29 is 14.5 Å². The lowest BCUT2D eigenvalue weighted by Gasteiger charge is -2.26. The predicted octanol–water partition coefficient (Wildman–Crippen LogP) is 2.66. The maximum atomic E-state index is 12.1. The second kappa shape index (κ2) is 9.32. The first-order valence-corrected chi connectivity index (χ1v) is 7.35. The van der Waals surface area contributed by atoms with Crippen LogP contribution in [0.2, 0.25) is 0 Å². The highest BCUT2D eigenvalue weighted by Gasteiger charge is 2.23. The number of amides is 1. The number of halogens is 1. The van der Waals surface area contributed by atoms with Gasteiger partial charge in [-0.05, 0) is 31.9 Å². The van der Waals surface area contributed by atoms with Gasteiger partial charge in [0.1, 0.15) is 0 Å². The van der Waals surface area contributed by atoms with Gasteiger partial charge >= 0.3 is 5.69 Å². The van der Waals surface area contributed by atoms with E-state index in [0.29, 0.717) is 13.2 Å². The Bertz CT molecular complexity index is 548. The number of carbonyl (C=O) groups excluding carboxylic acids is 1. The molecule has 1 aromatic rings. The van der Waals surface area contributed by atoms with Crippen molar-refractivity contribution in [3.8, 4) is 5.75 Å². The molecule has 0 fully saturated rings. The van der Waals surface area contributed by atoms with Gasteiger partial charge in [-0.3, -0.25) is 14.9 Å². The summed E-state index contributed by atoms with van der Waals surface area (Å²) in [6.45, 7) is 6.28. The summed E-state index contributed by atoms with van der Waals surface area (Å²) in [5, 5.41) is 13.8. The van der Waals surface area contributed by atoms with Gasteiger partial charge in [0, 0.05) is 23.7 Å². The summed E-state index contributed by atoms with van der Waals surface area (Å²) in [4.78, 5) is 22.6. The number of benzene rings is 1. The molecular formula is C15H24ClN3O4. The lowest BCUT2D eigenvalue weighted by atomic mass is 9.94. The normalized spacial score (nSPS) is 10.6. The van der Waals surface area contributed by atoms with Gasteiger partial charge in [-0.2, -0.15) is 0 Å². The van der Waals surface area contributed by atoms with Gasteiger partial charge in [0.2, 0.25) is 0 Å². The fourth-order valence-electron chi connectivity index (χ4n) is 1.94. The zero-order valence-corrected chi connectivity index (χ0v) is 14.4. The van der Waals surface area contributed by atoms with Crippen molar-refractivity contribution in [1.82, 2.24) is 5.32 Å². The molecule has 1 rings (SSSR count). The summed E-state index contributed by atoms with van der Waals surface area (Å²) >= 11 is 0. The maximum absolute atomic E-state index is 12.1. The number of nitrogens with one attached hydrogen (secondary N) is 1. The fraction of sp³-hybridized carbons (Fsp3) is 0.533. The van der Waals surface area contributed by atoms with E-state index in [1.54, 1.807) is 6.92 Å². The van der Waals surface area contributed by atoms with Gasteiger partial charge in [0.25, 0.3) is 5.91 Å². The Morgan fingerprint density at radius 3 is 2.43 bits per heavy atom. The van der Waals surface area contributed by atoms with Crippen LogP contribution in [0, 0.1) is 10.1 Å². The molecule has 3 N–H and O–H groups in total. The van der Waals surface area contributed by atoms with E-state index in [4.69, 9.17) is 10.5 Å². The van der Waals surface area contributed by atoms with Crippen molar-refractivity contribution in [3.63, 3.8) is 0 Å². The van der Waals surface area contributed by atoms with Crippen LogP contribution < -0.4 is 15.8 Å². The number of hydrogen-bond donors (Lipinski definition) is 2. The molecule has 0 aromatic heterocycles. The van der Waals surface area contributed by atoms with E-state index in [2.05, 4.69) is 5.32 Å². The number of nitrogens with two attached hydrogens (primary N) is 1. The SMILES string of the molecule is CCOc1ccc(C(=O)NCC(N)(CC)CC)cc1[N+](=O)[O-].Cl. The van der Waals surface area contributed by atoms with Crippen molar-refractivity contribution in [2.24, 2.45) is 5.73 Å². The fourth-order valence-corrected chi connectivity index (χ4v) is 1.94. The van der Waals surface area contributed by atoms with Gasteiger partial charge in [-0.15, -0.1) is 12.4 Å². The van der Waals surface area contributed by atoms with Crippen LogP contribution in [0.1, 0.15) is 44.0 Å². The first-order chi connectivity index (χ1) is 10.4. The third-order valence-electron chi connectivity index (χ3n) is 3.73. The quantitative estimate of drug-likeness (QED) is 0.556. The predicted molar refractivity (Wildman–Crippen MR) is 91.3 cm³/mol. The minimum Gasteiger partial charge on any atom is -0.487 e. The summed E-state index contributed by atoms with van der Waals surface area (Å²) < 4.78 is 5.19. The van der Waals surface area contributed by atoms with Gasteiger partial charge in [-0.25, -0.2) is 0 Å². The van der Waals surface area contributed by atoms with E-state index in [9.17, 15) is 14.9 Å². The van der Waals surface area contributed by atoms with Crippen LogP contribution in [0.3, 0.4) is 0 Å². The monoisotopic (exact) mass is 345 g/mol.